The van der Waals surface area contributed by atoms with Crippen LogP contribution in [-0.2, 0) is 18.4 Å². The van der Waals surface area contributed by atoms with Crippen LogP contribution in [0.2, 0.25) is 0 Å². The second-order valence-electron chi connectivity index (χ2n) is 7.12. The molecule has 0 spiro atoms. The Kier molecular flexibility index (Phi) is 6.27. The number of nitrogens with zero attached hydrogens (tertiary/aromatic N) is 2. The molecule has 0 atom stereocenters. The Morgan fingerprint density at radius 2 is 1.90 bits per heavy atom. The van der Waals surface area contributed by atoms with Crippen molar-refractivity contribution in [1.82, 2.24) is 9.78 Å². The quantitative estimate of drug-likeness (QED) is 0.353. The third-order valence-electron chi connectivity index (χ3n) is 5.07. The van der Waals surface area contributed by atoms with Crippen LogP contribution in [0, 0.1) is 5.82 Å². The van der Waals surface area contributed by atoms with Crippen molar-refractivity contribution in [1.29, 1.82) is 0 Å². The van der Waals surface area contributed by atoms with E-state index in [0.29, 0.717) is 30.9 Å². The first kappa shape index (κ1) is 20.7. The van der Waals surface area contributed by atoms with E-state index in [4.69, 9.17) is 9.84 Å². The molecule has 3 aromatic carbocycles. The van der Waals surface area contributed by atoms with Crippen molar-refractivity contribution in [3.63, 3.8) is 0 Å². The van der Waals surface area contributed by atoms with E-state index in [1.54, 1.807) is 16.8 Å². The third kappa shape index (κ3) is 4.17. The van der Waals surface area contributed by atoms with Gasteiger partial charge in [-0.05, 0) is 53.4 Å². The molecule has 0 fully saturated rings. The van der Waals surface area contributed by atoms with Gasteiger partial charge in [-0.25, -0.2) is 4.39 Å². The van der Waals surface area contributed by atoms with Crippen LogP contribution < -0.4 is 0 Å². The van der Waals surface area contributed by atoms with E-state index >= 15 is 4.39 Å². The van der Waals surface area contributed by atoms with Crippen molar-refractivity contribution in [2.75, 3.05) is 13.2 Å². The minimum Gasteiger partial charge on any atom is -0.396 e. The molecule has 6 heteroatoms. The average Bonchev–Trinajstić information content (AvgIpc) is 3.07. The monoisotopic (exact) mass is 468 g/mol. The summed E-state index contributed by atoms with van der Waals surface area (Å²) in [4.78, 5) is 0. The molecule has 154 valence electrons. The summed E-state index contributed by atoms with van der Waals surface area (Å²) < 4.78 is 23.6. The van der Waals surface area contributed by atoms with Gasteiger partial charge >= 0.3 is 0 Å². The molecule has 4 rings (SSSR count). The topological polar surface area (TPSA) is 47.3 Å². The molecule has 0 aliphatic carbocycles. The average molecular weight is 469 g/mol. The van der Waals surface area contributed by atoms with Gasteiger partial charge in [0, 0.05) is 35.7 Å². The molecule has 0 bridgehead atoms. The molecular formula is C24H22BrFN2O2. The zero-order valence-corrected chi connectivity index (χ0v) is 18.2. The maximum absolute atomic E-state index is 15.2. The Balaban J connectivity index is 1.70. The highest BCUT2D eigenvalue weighted by molar-refractivity contribution is 9.10. The zero-order chi connectivity index (χ0) is 21.1. The zero-order valence-electron chi connectivity index (χ0n) is 16.6. The van der Waals surface area contributed by atoms with Gasteiger partial charge in [-0.1, -0.05) is 46.3 Å². The first-order valence-electron chi connectivity index (χ1n) is 9.77. The molecule has 1 heterocycles. The summed E-state index contributed by atoms with van der Waals surface area (Å²) in [6, 6.07) is 19.0. The summed E-state index contributed by atoms with van der Waals surface area (Å²) in [5.41, 5.74) is 4.74. The van der Waals surface area contributed by atoms with Crippen molar-refractivity contribution in [3.05, 3.63) is 76.5 Å². The lowest BCUT2D eigenvalue weighted by Gasteiger charge is -2.11. The molecule has 0 aliphatic rings. The molecule has 30 heavy (non-hydrogen) atoms. The maximum Gasteiger partial charge on any atom is 0.133 e. The second-order valence-corrected chi connectivity index (χ2v) is 8.03. The number of hydrogen-bond acceptors (Lipinski definition) is 3. The van der Waals surface area contributed by atoms with Crippen molar-refractivity contribution in [2.24, 2.45) is 7.05 Å². The van der Waals surface area contributed by atoms with Crippen LogP contribution in [0.3, 0.4) is 0 Å². The van der Waals surface area contributed by atoms with E-state index in [9.17, 15) is 0 Å². The summed E-state index contributed by atoms with van der Waals surface area (Å²) in [5.74, 6) is -0.316. The molecule has 0 aliphatic heterocycles. The molecule has 4 aromatic rings. The summed E-state index contributed by atoms with van der Waals surface area (Å²) in [6.07, 6.45) is 0.597. The van der Waals surface area contributed by atoms with Gasteiger partial charge in [-0.15, -0.1) is 0 Å². The standard InChI is InChI=1S/C24H22BrFN2O2/c1-28-23-10-8-18(25)14-21(23)24(27-28)20-9-7-16(13-22(20)26)19-6-3-2-5-17(19)15-30-12-4-11-29/h2-3,5-10,13-14,29H,4,11-12,15H2,1H3. The van der Waals surface area contributed by atoms with Gasteiger partial charge < -0.3 is 9.84 Å². The van der Waals surface area contributed by atoms with Crippen LogP contribution in [0.1, 0.15) is 12.0 Å². The molecule has 0 radical (unpaired) electrons. The van der Waals surface area contributed by atoms with Crippen LogP contribution in [0.15, 0.2) is 65.1 Å². The fourth-order valence-electron chi connectivity index (χ4n) is 3.59. The van der Waals surface area contributed by atoms with Gasteiger partial charge in [-0.3, -0.25) is 4.68 Å². The molecule has 0 saturated heterocycles. The van der Waals surface area contributed by atoms with Crippen LogP contribution in [0.4, 0.5) is 4.39 Å². The van der Waals surface area contributed by atoms with E-state index in [-0.39, 0.29) is 12.4 Å². The number of aliphatic hydroxyl groups excluding tert-OH is 1. The Morgan fingerprint density at radius 3 is 2.70 bits per heavy atom. The molecule has 0 unspecified atom stereocenters. The molecule has 0 saturated carbocycles. The summed E-state index contributed by atoms with van der Waals surface area (Å²) >= 11 is 3.49. The first-order chi connectivity index (χ1) is 14.6. The molecular weight excluding hydrogens is 447 g/mol. The van der Waals surface area contributed by atoms with Crippen LogP contribution in [0.25, 0.3) is 33.3 Å². The van der Waals surface area contributed by atoms with Crippen LogP contribution in [0.5, 0.6) is 0 Å². The Hall–Kier alpha value is -2.54. The fourth-order valence-corrected chi connectivity index (χ4v) is 3.95. The lowest BCUT2D eigenvalue weighted by Crippen LogP contribution is -1.99. The summed E-state index contributed by atoms with van der Waals surface area (Å²) in [5, 5.41) is 14.4. The number of benzene rings is 3. The van der Waals surface area contributed by atoms with Gasteiger partial charge in [0.1, 0.15) is 11.5 Å². The van der Waals surface area contributed by atoms with Gasteiger partial charge in [0.2, 0.25) is 0 Å². The minimum absolute atomic E-state index is 0.104. The van der Waals surface area contributed by atoms with Crippen molar-refractivity contribution in [2.45, 2.75) is 13.0 Å². The molecule has 4 nitrogen and oxygen atoms in total. The normalized spacial score (nSPS) is 11.3. The lowest BCUT2D eigenvalue weighted by atomic mass is 9.97. The summed E-state index contributed by atoms with van der Waals surface area (Å²) in [7, 11) is 1.86. The van der Waals surface area contributed by atoms with Crippen molar-refractivity contribution < 1.29 is 14.2 Å². The largest absolute Gasteiger partial charge is 0.396 e. The molecule has 0 amide bonds. The fraction of sp³-hybridized carbons (Fsp3) is 0.208. The van der Waals surface area contributed by atoms with E-state index < -0.39 is 0 Å². The van der Waals surface area contributed by atoms with E-state index in [0.717, 1.165) is 32.1 Å². The van der Waals surface area contributed by atoms with Gasteiger partial charge in [0.15, 0.2) is 0 Å². The smallest absolute Gasteiger partial charge is 0.133 e. The summed E-state index contributed by atoms with van der Waals surface area (Å²) in [6.45, 7) is 1.01. The SMILES string of the molecule is Cn1nc(-c2ccc(-c3ccccc3COCCCO)cc2F)c2cc(Br)ccc21. The Morgan fingerprint density at radius 1 is 1.07 bits per heavy atom. The predicted octanol–water partition coefficient (Wildman–Crippen LogP) is 5.71. The number of ether oxygens (including phenoxy) is 1. The van der Waals surface area contributed by atoms with Crippen molar-refractivity contribution >= 4 is 26.8 Å². The van der Waals surface area contributed by atoms with Gasteiger partial charge in [-0.2, -0.15) is 5.10 Å². The highest BCUT2D eigenvalue weighted by Gasteiger charge is 2.16. The number of fused-ring (bicyclic) bond motifs is 1. The third-order valence-corrected chi connectivity index (χ3v) is 5.56. The highest BCUT2D eigenvalue weighted by Crippen LogP contribution is 2.34. The number of rotatable bonds is 7. The Labute approximate surface area is 183 Å². The first-order valence-corrected chi connectivity index (χ1v) is 10.6. The lowest BCUT2D eigenvalue weighted by molar-refractivity contribution is 0.104. The molecule has 1 N–H and O–H groups in total. The number of aliphatic hydroxyl groups is 1. The Bertz CT molecular complexity index is 1190. The maximum atomic E-state index is 15.2. The number of halogens is 2. The van der Waals surface area contributed by atoms with Crippen LogP contribution >= 0.6 is 15.9 Å². The molecule has 1 aromatic heterocycles. The van der Waals surface area contributed by atoms with Crippen LogP contribution in [-0.4, -0.2) is 28.1 Å². The van der Waals surface area contributed by atoms with E-state index in [2.05, 4.69) is 21.0 Å². The predicted molar refractivity (Wildman–Crippen MR) is 121 cm³/mol. The number of aryl methyl sites for hydroxylation is 1. The van der Waals surface area contributed by atoms with E-state index in [1.807, 2.05) is 55.6 Å². The van der Waals surface area contributed by atoms with E-state index in [1.165, 1.54) is 0 Å². The van der Waals surface area contributed by atoms with Gasteiger partial charge in [0.05, 0.1) is 12.1 Å². The van der Waals surface area contributed by atoms with Gasteiger partial charge in [0.25, 0.3) is 0 Å². The highest BCUT2D eigenvalue weighted by atomic mass is 79.9. The minimum atomic E-state index is -0.316. The number of aromatic nitrogens is 2. The number of hydrogen-bond donors (Lipinski definition) is 1. The second kappa shape index (κ2) is 9.08. The van der Waals surface area contributed by atoms with Crippen molar-refractivity contribution in [3.8, 4) is 22.4 Å².